The summed E-state index contributed by atoms with van der Waals surface area (Å²) in [6, 6.07) is 10.4. The van der Waals surface area contributed by atoms with Gasteiger partial charge in [0.15, 0.2) is 11.2 Å². The summed E-state index contributed by atoms with van der Waals surface area (Å²) in [4.78, 5) is 17.1. The summed E-state index contributed by atoms with van der Waals surface area (Å²) in [7, 11) is 0. The maximum absolute atomic E-state index is 12.4. The van der Waals surface area contributed by atoms with Crippen molar-refractivity contribution >= 4 is 17.7 Å². The molecule has 4 rings (SSSR count). The third-order valence-electron chi connectivity index (χ3n) is 4.53. The van der Waals surface area contributed by atoms with Crippen LogP contribution in [0.2, 0.25) is 0 Å². The van der Waals surface area contributed by atoms with E-state index in [1.807, 2.05) is 18.2 Å². The van der Waals surface area contributed by atoms with Crippen LogP contribution in [0, 0.1) is 11.3 Å². The Morgan fingerprint density at radius 1 is 1.38 bits per heavy atom. The summed E-state index contributed by atoms with van der Waals surface area (Å²) in [5.41, 5.74) is 0.650. The van der Waals surface area contributed by atoms with E-state index in [9.17, 15) is 4.79 Å². The van der Waals surface area contributed by atoms with E-state index in [1.54, 1.807) is 12.1 Å². The van der Waals surface area contributed by atoms with Gasteiger partial charge in [-0.15, -0.1) is 0 Å². The first-order chi connectivity index (χ1) is 11.7. The topological polar surface area (TPSA) is 91.0 Å². The average Bonchev–Trinajstić information content (AvgIpc) is 3.32. The molecular formula is C17H16N4O2S. The lowest BCUT2D eigenvalue weighted by Crippen LogP contribution is -2.42. The van der Waals surface area contributed by atoms with Crippen molar-refractivity contribution in [2.24, 2.45) is 0 Å². The first kappa shape index (κ1) is 15.2. The summed E-state index contributed by atoms with van der Waals surface area (Å²) in [5.74, 6) is 0.0188. The molecule has 6 nitrogen and oxygen atoms in total. The first-order valence-corrected chi connectivity index (χ1v) is 8.73. The molecule has 2 aromatic rings. The van der Waals surface area contributed by atoms with Crippen LogP contribution in [0.5, 0.6) is 0 Å². The molecule has 0 spiro atoms. The number of aromatic nitrogens is 1. The standard InChI is InChI=1S/C17H16N4O2S/c18-8-15-19-9-16(23-15)24-12-4-1-10(2-5-12)17(22)21-14-7-11-3-6-13(14)20-11/h1-2,4-5,9,11,13-14,20H,3,6-7H2,(H,21,22). The van der Waals surface area contributed by atoms with E-state index < -0.39 is 0 Å². The summed E-state index contributed by atoms with van der Waals surface area (Å²) >= 11 is 1.36. The molecule has 7 heteroatoms. The molecule has 2 N–H and O–H groups in total. The fraction of sp³-hybridized carbons (Fsp3) is 0.353. The number of nitrogens with zero attached hydrogens (tertiary/aromatic N) is 2. The highest BCUT2D eigenvalue weighted by molar-refractivity contribution is 7.99. The Morgan fingerprint density at radius 3 is 2.83 bits per heavy atom. The lowest BCUT2D eigenvalue weighted by atomic mass is 9.95. The molecular weight excluding hydrogens is 324 g/mol. The van der Waals surface area contributed by atoms with Crippen LogP contribution in [0.15, 0.2) is 44.9 Å². The van der Waals surface area contributed by atoms with E-state index in [1.165, 1.54) is 24.4 Å². The third-order valence-corrected chi connectivity index (χ3v) is 5.43. The number of hydrogen-bond acceptors (Lipinski definition) is 6. The van der Waals surface area contributed by atoms with Crippen LogP contribution >= 0.6 is 11.8 Å². The Labute approximate surface area is 143 Å². The van der Waals surface area contributed by atoms with Gasteiger partial charge in [0.05, 0.1) is 6.20 Å². The fourth-order valence-electron chi connectivity index (χ4n) is 3.38. The molecule has 2 fully saturated rings. The molecule has 0 saturated carbocycles. The van der Waals surface area contributed by atoms with Gasteiger partial charge in [0, 0.05) is 28.6 Å². The average molecular weight is 340 g/mol. The highest BCUT2D eigenvalue weighted by Gasteiger charge is 2.39. The molecule has 3 unspecified atom stereocenters. The SMILES string of the molecule is N#Cc1ncc(Sc2ccc(C(=O)NC3CC4CCC3N4)cc2)o1. The number of fused-ring (bicyclic) bond motifs is 2. The second-order valence-electron chi connectivity index (χ2n) is 6.09. The predicted molar refractivity (Wildman–Crippen MR) is 87.6 cm³/mol. The van der Waals surface area contributed by atoms with Crippen LogP contribution < -0.4 is 10.6 Å². The normalized spacial score (nSPS) is 24.7. The molecule has 0 radical (unpaired) electrons. The molecule has 2 aliphatic heterocycles. The van der Waals surface area contributed by atoms with Gasteiger partial charge in [-0.3, -0.25) is 4.79 Å². The predicted octanol–water partition coefficient (Wildman–Crippen LogP) is 2.32. The number of carbonyl (C=O) groups excluding carboxylic acids is 1. The number of benzene rings is 1. The monoisotopic (exact) mass is 340 g/mol. The van der Waals surface area contributed by atoms with Crippen LogP contribution in [0.1, 0.15) is 35.5 Å². The molecule has 122 valence electrons. The van der Waals surface area contributed by atoms with Gasteiger partial charge in [0.1, 0.15) is 0 Å². The van der Waals surface area contributed by atoms with Gasteiger partial charge in [-0.25, -0.2) is 4.98 Å². The largest absolute Gasteiger partial charge is 0.422 e. The number of nitriles is 1. The number of carbonyl (C=O) groups is 1. The zero-order chi connectivity index (χ0) is 16.5. The highest BCUT2D eigenvalue weighted by Crippen LogP contribution is 2.29. The minimum Gasteiger partial charge on any atom is -0.422 e. The first-order valence-electron chi connectivity index (χ1n) is 7.92. The molecule has 24 heavy (non-hydrogen) atoms. The number of hydrogen-bond donors (Lipinski definition) is 2. The quantitative estimate of drug-likeness (QED) is 0.887. The van der Waals surface area contributed by atoms with Crippen LogP contribution in [-0.4, -0.2) is 29.0 Å². The van der Waals surface area contributed by atoms with Gasteiger partial charge in [-0.2, -0.15) is 5.26 Å². The van der Waals surface area contributed by atoms with E-state index in [-0.39, 0.29) is 17.8 Å². The Kier molecular flexibility index (Phi) is 4.00. The minimum atomic E-state index is -0.0302. The zero-order valence-electron chi connectivity index (χ0n) is 12.9. The molecule has 3 atom stereocenters. The summed E-state index contributed by atoms with van der Waals surface area (Å²) in [6.07, 6.45) is 4.91. The van der Waals surface area contributed by atoms with E-state index in [0.29, 0.717) is 22.7 Å². The van der Waals surface area contributed by atoms with Gasteiger partial charge < -0.3 is 15.1 Å². The van der Waals surface area contributed by atoms with E-state index >= 15 is 0 Å². The molecule has 1 aromatic heterocycles. The fourth-order valence-corrected chi connectivity index (χ4v) is 4.11. The Balaban J connectivity index is 1.38. The second-order valence-corrected chi connectivity index (χ2v) is 7.16. The van der Waals surface area contributed by atoms with E-state index in [0.717, 1.165) is 17.7 Å². The van der Waals surface area contributed by atoms with Gasteiger partial charge in [0.2, 0.25) is 0 Å². The smallest absolute Gasteiger partial charge is 0.301 e. The van der Waals surface area contributed by atoms with Crippen molar-refractivity contribution < 1.29 is 9.21 Å². The van der Waals surface area contributed by atoms with Crippen molar-refractivity contribution in [1.82, 2.24) is 15.6 Å². The molecule has 1 amide bonds. The van der Waals surface area contributed by atoms with Crippen molar-refractivity contribution in [3.63, 3.8) is 0 Å². The lowest BCUT2D eigenvalue weighted by molar-refractivity contribution is 0.0931. The van der Waals surface area contributed by atoms with Crippen molar-refractivity contribution in [2.45, 2.75) is 47.4 Å². The molecule has 0 aliphatic carbocycles. The van der Waals surface area contributed by atoms with Gasteiger partial charge in [-0.05, 0) is 43.5 Å². The van der Waals surface area contributed by atoms with Crippen LogP contribution in [0.3, 0.4) is 0 Å². The third kappa shape index (κ3) is 3.03. The molecule has 2 saturated heterocycles. The molecule has 2 bridgehead atoms. The maximum Gasteiger partial charge on any atom is 0.301 e. The highest BCUT2D eigenvalue weighted by atomic mass is 32.2. The summed E-state index contributed by atoms with van der Waals surface area (Å²) in [6.45, 7) is 0. The lowest BCUT2D eigenvalue weighted by Gasteiger charge is -2.21. The van der Waals surface area contributed by atoms with Crippen molar-refractivity contribution in [2.75, 3.05) is 0 Å². The van der Waals surface area contributed by atoms with Gasteiger partial charge in [0.25, 0.3) is 5.91 Å². The Bertz CT molecular complexity index is 796. The van der Waals surface area contributed by atoms with Crippen molar-refractivity contribution in [3.8, 4) is 6.07 Å². The zero-order valence-corrected chi connectivity index (χ0v) is 13.7. The number of rotatable bonds is 4. The Hall–Kier alpha value is -2.30. The van der Waals surface area contributed by atoms with Crippen LogP contribution in [-0.2, 0) is 0 Å². The molecule has 2 aliphatic rings. The number of nitrogens with one attached hydrogen (secondary N) is 2. The number of amides is 1. The summed E-state index contributed by atoms with van der Waals surface area (Å²) < 4.78 is 5.24. The van der Waals surface area contributed by atoms with Gasteiger partial charge in [-0.1, -0.05) is 11.8 Å². The van der Waals surface area contributed by atoms with Crippen molar-refractivity contribution in [3.05, 3.63) is 41.9 Å². The Morgan fingerprint density at radius 2 is 2.21 bits per heavy atom. The maximum atomic E-state index is 12.4. The summed E-state index contributed by atoms with van der Waals surface area (Å²) in [5, 5.41) is 15.9. The van der Waals surface area contributed by atoms with Crippen LogP contribution in [0.4, 0.5) is 0 Å². The molecule has 3 heterocycles. The molecule has 1 aromatic carbocycles. The van der Waals surface area contributed by atoms with E-state index in [4.69, 9.17) is 9.68 Å². The second kappa shape index (κ2) is 6.30. The minimum absolute atomic E-state index is 0.0302. The van der Waals surface area contributed by atoms with Crippen molar-refractivity contribution in [1.29, 1.82) is 5.26 Å². The van der Waals surface area contributed by atoms with E-state index in [2.05, 4.69) is 15.6 Å². The van der Waals surface area contributed by atoms with Gasteiger partial charge >= 0.3 is 5.89 Å². The number of oxazole rings is 1. The van der Waals surface area contributed by atoms with Crippen LogP contribution in [0.25, 0.3) is 0 Å².